The summed E-state index contributed by atoms with van der Waals surface area (Å²) in [4.78, 5) is 34.6. The van der Waals surface area contributed by atoms with Crippen molar-refractivity contribution in [3.8, 4) is 11.3 Å². The van der Waals surface area contributed by atoms with Gasteiger partial charge >= 0.3 is 5.97 Å². The molecule has 0 unspecified atom stereocenters. The van der Waals surface area contributed by atoms with Crippen LogP contribution in [0.15, 0.2) is 59.0 Å². The van der Waals surface area contributed by atoms with Crippen LogP contribution in [-0.4, -0.2) is 23.4 Å². The van der Waals surface area contributed by atoms with E-state index in [1.165, 1.54) is 30.3 Å². The van der Waals surface area contributed by atoms with Gasteiger partial charge in [0, 0.05) is 23.4 Å². The summed E-state index contributed by atoms with van der Waals surface area (Å²) in [6.07, 6.45) is 0.759. The molecule has 3 aromatic rings. The van der Waals surface area contributed by atoms with Gasteiger partial charge in [-0.15, -0.1) is 0 Å². The third kappa shape index (κ3) is 4.72. The van der Waals surface area contributed by atoms with Gasteiger partial charge in [0.1, 0.15) is 5.76 Å². The molecule has 0 atom stereocenters. The van der Waals surface area contributed by atoms with Crippen LogP contribution in [0.5, 0.6) is 0 Å². The molecule has 3 rings (SSSR count). The van der Waals surface area contributed by atoms with Crippen molar-refractivity contribution < 1.29 is 23.7 Å². The molecule has 0 aliphatic carbocycles. The van der Waals surface area contributed by atoms with Gasteiger partial charge in [0.25, 0.3) is 11.6 Å². The van der Waals surface area contributed by atoms with Gasteiger partial charge in [0.05, 0.1) is 4.92 Å². The monoisotopic (exact) mass is 408 g/mol. The fourth-order valence-electron chi connectivity index (χ4n) is 2.93. The molecule has 30 heavy (non-hydrogen) atoms. The first-order chi connectivity index (χ1) is 14.4. The maximum Gasteiger partial charge on any atom is 0.374 e. The van der Waals surface area contributed by atoms with Gasteiger partial charge < -0.3 is 14.5 Å². The number of nitrogens with one attached hydrogen (secondary N) is 1. The Kier molecular flexibility index (Phi) is 6.26. The number of nitro benzene ring substituents is 1. The maximum atomic E-state index is 12.2. The normalized spacial score (nSPS) is 10.5. The van der Waals surface area contributed by atoms with Crippen LogP contribution in [-0.2, 0) is 16.0 Å². The number of benzene rings is 2. The first-order valence-corrected chi connectivity index (χ1v) is 9.29. The van der Waals surface area contributed by atoms with Gasteiger partial charge in [-0.25, -0.2) is 4.79 Å². The molecular weight excluding hydrogens is 388 g/mol. The molecular formula is C22H20N2O6. The Balaban J connectivity index is 1.61. The van der Waals surface area contributed by atoms with E-state index >= 15 is 0 Å². The number of furan rings is 1. The highest BCUT2D eigenvalue weighted by Gasteiger charge is 2.17. The number of hydrogen-bond acceptors (Lipinski definition) is 6. The molecule has 1 aromatic heterocycles. The lowest BCUT2D eigenvalue weighted by molar-refractivity contribution is -0.384. The molecule has 0 aliphatic heterocycles. The molecule has 0 saturated heterocycles. The zero-order valence-electron chi connectivity index (χ0n) is 16.5. The maximum absolute atomic E-state index is 12.2. The highest BCUT2D eigenvalue weighted by molar-refractivity contribution is 5.95. The average Bonchev–Trinajstić information content (AvgIpc) is 3.24. The van der Waals surface area contributed by atoms with Crippen LogP contribution < -0.4 is 5.32 Å². The Morgan fingerprint density at radius 3 is 2.50 bits per heavy atom. The Morgan fingerprint density at radius 2 is 1.83 bits per heavy atom. The number of non-ortho nitro benzene ring substituents is 1. The molecule has 8 nitrogen and oxygen atoms in total. The van der Waals surface area contributed by atoms with Gasteiger partial charge in [0.2, 0.25) is 5.76 Å². The lowest BCUT2D eigenvalue weighted by atomic mass is 10.1. The van der Waals surface area contributed by atoms with E-state index in [2.05, 4.69) is 5.32 Å². The molecule has 0 bridgehead atoms. The minimum Gasteiger partial charge on any atom is -0.450 e. The minimum absolute atomic E-state index is 0.0455. The second-order valence-electron chi connectivity index (χ2n) is 6.55. The van der Waals surface area contributed by atoms with E-state index in [0.717, 1.165) is 23.2 Å². The number of hydrogen-bond donors (Lipinski definition) is 1. The summed E-state index contributed by atoms with van der Waals surface area (Å²) in [5.74, 6) is -0.941. The Bertz CT molecular complexity index is 1090. The van der Waals surface area contributed by atoms with Crippen LogP contribution in [0.4, 0.5) is 11.4 Å². The molecule has 0 fully saturated rings. The van der Waals surface area contributed by atoms with Gasteiger partial charge in [-0.2, -0.15) is 0 Å². The van der Waals surface area contributed by atoms with E-state index in [1.54, 1.807) is 6.07 Å². The number of nitrogens with zero attached hydrogens (tertiary/aromatic N) is 1. The number of carbonyl (C=O) groups excluding carboxylic acids is 2. The van der Waals surface area contributed by atoms with Crippen molar-refractivity contribution >= 4 is 23.3 Å². The van der Waals surface area contributed by atoms with E-state index in [-0.39, 0.29) is 11.4 Å². The molecule has 1 N–H and O–H groups in total. The molecule has 1 heterocycles. The second-order valence-corrected chi connectivity index (χ2v) is 6.55. The fraction of sp³-hybridized carbons (Fsp3) is 0.182. The van der Waals surface area contributed by atoms with Crippen LogP contribution in [0.2, 0.25) is 0 Å². The summed E-state index contributed by atoms with van der Waals surface area (Å²) in [5, 5.41) is 13.5. The molecule has 154 valence electrons. The summed E-state index contributed by atoms with van der Waals surface area (Å²) in [6, 6.07) is 14.4. The number of aryl methyl sites for hydroxylation is 2. The van der Waals surface area contributed by atoms with E-state index in [0.29, 0.717) is 11.3 Å². The standard InChI is InChI=1S/C22H20N2O6/c1-3-15-6-4-5-14(2)21(15)23-20(25)13-29-22(26)19-12-11-18(30-19)16-7-9-17(10-8-16)24(27)28/h4-12H,3,13H2,1-2H3,(H,23,25). The number of carbonyl (C=O) groups is 2. The molecule has 0 saturated carbocycles. The van der Waals surface area contributed by atoms with Gasteiger partial charge in [0.15, 0.2) is 6.61 Å². The van der Waals surface area contributed by atoms with Crippen molar-refractivity contribution in [3.05, 3.63) is 81.6 Å². The van der Waals surface area contributed by atoms with Gasteiger partial charge in [-0.3, -0.25) is 14.9 Å². The number of esters is 1. The van der Waals surface area contributed by atoms with Crippen molar-refractivity contribution in [2.24, 2.45) is 0 Å². The molecule has 0 radical (unpaired) electrons. The Labute approximate surface area is 172 Å². The summed E-state index contributed by atoms with van der Waals surface area (Å²) in [6.45, 7) is 3.43. The number of amides is 1. The number of para-hydroxylation sites is 1. The number of rotatable bonds is 7. The van der Waals surface area contributed by atoms with Crippen molar-refractivity contribution in [2.75, 3.05) is 11.9 Å². The van der Waals surface area contributed by atoms with Gasteiger partial charge in [-0.1, -0.05) is 25.1 Å². The third-order valence-corrected chi connectivity index (χ3v) is 4.51. The highest BCUT2D eigenvalue weighted by atomic mass is 16.6. The topological polar surface area (TPSA) is 112 Å². The zero-order valence-corrected chi connectivity index (χ0v) is 16.5. The van der Waals surface area contributed by atoms with E-state index in [4.69, 9.17) is 9.15 Å². The van der Waals surface area contributed by atoms with Crippen molar-refractivity contribution in [2.45, 2.75) is 20.3 Å². The molecule has 8 heteroatoms. The van der Waals surface area contributed by atoms with Crippen molar-refractivity contribution in [3.63, 3.8) is 0 Å². The summed E-state index contributed by atoms with van der Waals surface area (Å²) in [7, 11) is 0. The molecule has 0 aliphatic rings. The summed E-state index contributed by atoms with van der Waals surface area (Å²) >= 11 is 0. The largest absolute Gasteiger partial charge is 0.450 e. The smallest absolute Gasteiger partial charge is 0.374 e. The molecule has 1 amide bonds. The first kappa shape index (κ1) is 20.8. The number of ether oxygens (including phenoxy) is 1. The van der Waals surface area contributed by atoms with Crippen LogP contribution >= 0.6 is 0 Å². The minimum atomic E-state index is -0.779. The predicted octanol–water partition coefficient (Wildman–Crippen LogP) is 4.52. The van der Waals surface area contributed by atoms with E-state index in [1.807, 2.05) is 32.0 Å². The van der Waals surface area contributed by atoms with Gasteiger partial charge in [-0.05, 0) is 48.7 Å². The predicted molar refractivity (Wildman–Crippen MR) is 110 cm³/mol. The quantitative estimate of drug-likeness (QED) is 0.349. The fourth-order valence-corrected chi connectivity index (χ4v) is 2.93. The molecule has 0 spiro atoms. The second kappa shape index (κ2) is 9.04. The third-order valence-electron chi connectivity index (χ3n) is 4.51. The van der Waals surface area contributed by atoms with E-state index < -0.39 is 23.4 Å². The van der Waals surface area contributed by atoms with Crippen LogP contribution in [0.1, 0.15) is 28.6 Å². The number of nitro groups is 1. The lowest BCUT2D eigenvalue weighted by Gasteiger charge is -2.12. The SMILES string of the molecule is CCc1cccc(C)c1NC(=O)COC(=O)c1ccc(-c2ccc([N+](=O)[O-])cc2)o1. The van der Waals surface area contributed by atoms with Crippen LogP contribution in [0, 0.1) is 17.0 Å². The van der Waals surface area contributed by atoms with Crippen molar-refractivity contribution in [1.29, 1.82) is 0 Å². The summed E-state index contributed by atoms with van der Waals surface area (Å²) < 4.78 is 10.5. The van der Waals surface area contributed by atoms with Crippen molar-refractivity contribution in [1.82, 2.24) is 0 Å². The average molecular weight is 408 g/mol. The Hall–Kier alpha value is -3.94. The molecule has 2 aromatic carbocycles. The van der Waals surface area contributed by atoms with E-state index in [9.17, 15) is 19.7 Å². The Morgan fingerprint density at radius 1 is 1.10 bits per heavy atom. The van der Waals surface area contributed by atoms with Crippen LogP contribution in [0.3, 0.4) is 0 Å². The van der Waals surface area contributed by atoms with Crippen LogP contribution in [0.25, 0.3) is 11.3 Å². The highest BCUT2D eigenvalue weighted by Crippen LogP contribution is 2.25. The number of anilines is 1. The zero-order chi connectivity index (χ0) is 21.7. The lowest BCUT2D eigenvalue weighted by Crippen LogP contribution is -2.22. The first-order valence-electron chi connectivity index (χ1n) is 9.29. The summed E-state index contributed by atoms with van der Waals surface area (Å²) in [5.41, 5.74) is 3.17.